The Morgan fingerprint density at radius 2 is 1.65 bits per heavy atom. The summed E-state index contributed by atoms with van der Waals surface area (Å²) in [6.45, 7) is 0.787. The van der Waals surface area contributed by atoms with Crippen LogP contribution in [0.25, 0.3) is 0 Å². The lowest BCUT2D eigenvalue weighted by Gasteiger charge is -2.17. The number of halogens is 1. The molecule has 0 amide bonds. The normalized spacial score (nSPS) is 15.2. The summed E-state index contributed by atoms with van der Waals surface area (Å²) in [6.07, 6.45) is 0. The van der Waals surface area contributed by atoms with Crippen molar-refractivity contribution in [3.63, 3.8) is 0 Å². The van der Waals surface area contributed by atoms with E-state index >= 15 is 0 Å². The molecule has 0 aromatic heterocycles. The SMILES string of the molecule is Nc1ccc(Br)cc1S(=O)(=O)N1Cc2ccccc2C1. The van der Waals surface area contributed by atoms with Crippen molar-refractivity contribution in [1.29, 1.82) is 0 Å². The molecule has 0 fully saturated rings. The van der Waals surface area contributed by atoms with Crippen molar-refractivity contribution in [3.8, 4) is 0 Å². The molecule has 0 atom stereocenters. The number of nitrogen functional groups attached to an aromatic ring is 1. The van der Waals surface area contributed by atoms with Crippen molar-refractivity contribution < 1.29 is 8.42 Å². The first-order valence-corrected chi connectivity index (χ1v) is 8.34. The van der Waals surface area contributed by atoms with E-state index in [1.807, 2.05) is 24.3 Å². The third-order valence-corrected chi connectivity index (χ3v) is 5.75. The molecule has 0 aliphatic carbocycles. The number of hydrogen-bond acceptors (Lipinski definition) is 3. The maximum Gasteiger partial charge on any atom is 0.245 e. The molecule has 0 unspecified atom stereocenters. The van der Waals surface area contributed by atoms with Gasteiger partial charge in [-0.15, -0.1) is 0 Å². The second-order valence-corrected chi connectivity index (χ2v) is 7.55. The molecule has 1 aliphatic heterocycles. The molecule has 0 saturated heterocycles. The molecule has 2 aromatic carbocycles. The number of nitrogens with zero attached hydrogens (tertiary/aromatic N) is 1. The Morgan fingerprint density at radius 1 is 1.05 bits per heavy atom. The summed E-state index contributed by atoms with van der Waals surface area (Å²) in [5.74, 6) is 0. The van der Waals surface area contributed by atoms with Gasteiger partial charge in [-0.05, 0) is 29.3 Å². The Labute approximate surface area is 126 Å². The van der Waals surface area contributed by atoms with Crippen LogP contribution < -0.4 is 5.73 Å². The minimum absolute atomic E-state index is 0.152. The lowest BCUT2D eigenvalue weighted by atomic mass is 10.1. The van der Waals surface area contributed by atoms with Gasteiger partial charge < -0.3 is 5.73 Å². The molecule has 4 nitrogen and oxygen atoms in total. The summed E-state index contributed by atoms with van der Waals surface area (Å²) >= 11 is 3.29. The second-order valence-electron chi connectivity index (χ2n) is 4.72. The fourth-order valence-electron chi connectivity index (χ4n) is 2.34. The van der Waals surface area contributed by atoms with Gasteiger partial charge in [0, 0.05) is 17.6 Å². The highest BCUT2D eigenvalue weighted by Crippen LogP contribution is 2.31. The van der Waals surface area contributed by atoms with E-state index in [0.29, 0.717) is 17.6 Å². The average Bonchev–Trinajstić information content (AvgIpc) is 2.86. The number of benzene rings is 2. The zero-order chi connectivity index (χ0) is 14.3. The number of sulfonamides is 1. The van der Waals surface area contributed by atoms with Gasteiger partial charge in [-0.1, -0.05) is 40.2 Å². The van der Waals surface area contributed by atoms with Crippen LogP contribution in [0.1, 0.15) is 11.1 Å². The Kier molecular flexibility index (Phi) is 3.32. The van der Waals surface area contributed by atoms with E-state index in [0.717, 1.165) is 11.1 Å². The van der Waals surface area contributed by atoms with Gasteiger partial charge in [-0.25, -0.2) is 8.42 Å². The quantitative estimate of drug-likeness (QED) is 0.845. The summed E-state index contributed by atoms with van der Waals surface area (Å²) in [7, 11) is -3.58. The third kappa shape index (κ3) is 2.24. The minimum Gasteiger partial charge on any atom is -0.398 e. The predicted molar refractivity (Wildman–Crippen MR) is 81.4 cm³/mol. The monoisotopic (exact) mass is 352 g/mol. The largest absolute Gasteiger partial charge is 0.398 e. The van der Waals surface area contributed by atoms with Crippen molar-refractivity contribution in [2.45, 2.75) is 18.0 Å². The van der Waals surface area contributed by atoms with Crippen LogP contribution in [0, 0.1) is 0 Å². The zero-order valence-electron chi connectivity index (χ0n) is 10.6. The lowest BCUT2D eigenvalue weighted by molar-refractivity contribution is 0.432. The van der Waals surface area contributed by atoms with Gasteiger partial charge in [-0.2, -0.15) is 4.31 Å². The molecule has 1 heterocycles. The van der Waals surface area contributed by atoms with Gasteiger partial charge in [0.05, 0.1) is 5.69 Å². The molecule has 0 bridgehead atoms. The fraction of sp³-hybridized carbons (Fsp3) is 0.143. The van der Waals surface area contributed by atoms with Crippen LogP contribution in [0.4, 0.5) is 5.69 Å². The number of nitrogens with two attached hydrogens (primary N) is 1. The molecule has 1 aliphatic rings. The number of rotatable bonds is 2. The van der Waals surface area contributed by atoms with E-state index in [1.54, 1.807) is 18.2 Å². The molecular weight excluding hydrogens is 340 g/mol. The highest BCUT2D eigenvalue weighted by Gasteiger charge is 2.31. The summed E-state index contributed by atoms with van der Waals surface area (Å²) in [5, 5.41) is 0. The highest BCUT2D eigenvalue weighted by atomic mass is 79.9. The fourth-order valence-corrected chi connectivity index (χ4v) is 4.39. The van der Waals surface area contributed by atoms with Gasteiger partial charge in [0.2, 0.25) is 10.0 Å². The Hall–Kier alpha value is -1.37. The smallest absolute Gasteiger partial charge is 0.245 e. The first-order valence-electron chi connectivity index (χ1n) is 6.10. The summed E-state index contributed by atoms with van der Waals surface area (Å²) < 4.78 is 27.6. The Bertz CT molecular complexity index is 749. The van der Waals surface area contributed by atoms with Crippen LogP contribution in [0.5, 0.6) is 0 Å². The Balaban J connectivity index is 2.01. The minimum atomic E-state index is -3.58. The number of anilines is 1. The van der Waals surface area contributed by atoms with Crippen LogP contribution in [0.3, 0.4) is 0 Å². The predicted octanol–water partition coefficient (Wildman–Crippen LogP) is 2.74. The zero-order valence-corrected chi connectivity index (χ0v) is 13.0. The van der Waals surface area contributed by atoms with Gasteiger partial charge in [-0.3, -0.25) is 0 Å². The van der Waals surface area contributed by atoms with E-state index in [9.17, 15) is 8.42 Å². The first kappa shape index (κ1) is 13.6. The maximum absolute atomic E-state index is 12.7. The number of hydrogen-bond donors (Lipinski definition) is 1. The molecule has 2 aromatic rings. The number of fused-ring (bicyclic) bond motifs is 1. The van der Waals surface area contributed by atoms with E-state index in [4.69, 9.17) is 5.73 Å². The topological polar surface area (TPSA) is 63.4 Å². The van der Waals surface area contributed by atoms with Crippen LogP contribution in [0.15, 0.2) is 51.8 Å². The van der Waals surface area contributed by atoms with E-state index in [-0.39, 0.29) is 10.6 Å². The maximum atomic E-state index is 12.7. The van der Waals surface area contributed by atoms with E-state index in [2.05, 4.69) is 15.9 Å². The van der Waals surface area contributed by atoms with E-state index < -0.39 is 10.0 Å². The van der Waals surface area contributed by atoms with Crippen molar-refractivity contribution in [1.82, 2.24) is 4.31 Å². The van der Waals surface area contributed by atoms with E-state index in [1.165, 1.54) is 4.31 Å². The highest BCUT2D eigenvalue weighted by molar-refractivity contribution is 9.10. The summed E-state index contributed by atoms with van der Waals surface area (Å²) in [4.78, 5) is 0.152. The average molecular weight is 353 g/mol. The van der Waals surface area contributed by atoms with Crippen molar-refractivity contribution in [2.75, 3.05) is 5.73 Å². The van der Waals surface area contributed by atoms with Crippen LogP contribution in [-0.2, 0) is 23.1 Å². The van der Waals surface area contributed by atoms with Crippen LogP contribution in [0.2, 0.25) is 0 Å². The van der Waals surface area contributed by atoms with Gasteiger partial charge in [0.15, 0.2) is 0 Å². The molecule has 0 spiro atoms. The van der Waals surface area contributed by atoms with Crippen molar-refractivity contribution >= 4 is 31.6 Å². The van der Waals surface area contributed by atoms with Gasteiger partial charge in [0.25, 0.3) is 0 Å². The molecule has 0 saturated carbocycles. The lowest BCUT2D eigenvalue weighted by Crippen LogP contribution is -2.26. The first-order chi connectivity index (χ1) is 9.48. The van der Waals surface area contributed by atoms with Crippen LogP contribution >= 0.6 is 15.9 Å². The van der Waals surface area contributed by atoms with Gasteiger partial charge >= 0.3 is 0 Å². The second kappa shape index (κ2) is 4.87. The summed E-state index contributed by atoms with van der Waals surface area (Å²) in [5.41, 5.74) is 8.18. The summed E-state index contributed by atoms with van der Waals surface area (Å²) in [6, 6.07) is 12.6. The van der Waals surface area contributed by atoms with Crippen molar-refractivity contribution in [3.05, 3.63) is 58.1 Å². The molecule has 3 rings (SSSR count). The van der Waals surface area contributed by atoms with Gasteiger partial charge in [0.1, 0.15) is 4.90 Å². The molecule has 0 radical (unpaired) electrons. The van der Waals surface area contributed by atoms with Crippen LogP contribution in [-0.4, -0.2) is 12.7 Å². The third-order valence-electron chi connectivity index (χ3n) is 3.41. The van der Waals surface area contributed by atoms with Crippen molar-refractivity contribution in [2.24, 2.45) is 0 Å². The molecule has 2 N–H and O–H groups in total. The molecule has 20 heavy (non-hydrogen) atoms. The molecular formula is C14H13BrN2O2S. The Morgan fingerprint density at radius 3 is 2.25 bits per heavy atom. The standard InChI is InChI=1S/C14H13BrN2O2S/c15-12-5-6-13(16)14(7-12)20(18,19)17-8-10-3-1-2-4-11(10)9-17/h1-7H,8-9,16H2. The molecule has 6 heteroatoms. The molecule has 104 valence electrons.